The molecule has 4 heteroatoms. The van der Waals surface area contributed by atoms with Crippen LogP contribution in [0.15, 0.2) is 30.5 Å². The summed E-state index contributed by atoms with van der Waals surface area (Å²) in [6, 6.07) is 8.45. The molecule has 1 aromatic heterocycles. The Labute approximate surface area is 145 Å². The van der Waals surface area contributed by atoms with Crippen LogP contribution in [0.1, 0.15) is 56.6 Å². The third-order valence-electron chi connectivity index (χ3n) is 4.73. The molecule has 3 rings (SSSR count). The van der Waals surface area contributed by atoms with E-state index >= 15 is 0 Å². The van der Waals surface area contributed by atoms with Crippen molar-refractivity contribution in [3.63, 3.8) is 0 Å². The average Bonchev–Trinajstić information content (AvgIpc) is 2.86. The molecule has 0 bridgehead atoms. The molecule has 0 atom stereocenters. The van der Waals surface area contributed by atoms with E-state index in [1.165, 1.54) is 36.8 Å². The lowest BCUT2D eigenvalue weighted by Crippen LogP contribution is -2.25. The summed E-state index contributed by atoms with van der Waals surface area (Å²) < 4.78 is 0. The van der Waals surface area contributed by atoms with Crippen LogP contribution in [-0.4, -0.2) is 23.1 Å². The fourth-order valence-corrected chi connectivity index (χ4v) is 3.34. The summed E-state index contributed by atoms with van der Waals surface area (Å²) in [4.78, 5) is 11.6. The second kappa shape index (κ2) is 7.65. The predicted molar refractivity (Wildman–Crippen MR) is 101 cm³/mol. The Morgan fingerprint density at radius 1 is 1.04 bits per heavy atom. The van der Waals surface area contributed by atoms with E-state index in [9.17, 15) is 0 Å². The van der Waals surface area contributed by atoms with Crippen molar-refractivity contribution >= 4 is 17.5 Å². The van der Waals surface area contributed by atoms with Gasteiger partial charge in [-0.3, -0.25) is 0 Å². The summed E-state index contributed by atoms with van der Waals surface area (Å²) in [5.41, 5.74) is 3.67. The van der Waals surface area contributed by atoms with Gasteiger partial charge >= 0.3 is 0 Å². The molecule has 0 amide bonds. The molecule has 1 N–H and O–H groups in total. The van der Waals surface area contributed by atoms with Crippen LogP contribution in [0.2, 0.25) is 0 Å². The van der Waals surface area contributed by atoms with Crippen LogP contribution in [0, 0.1) is 6.92 Å². The highest BCUT2D eigenvalue weighted by Gasteiger charge is 2.14. The number of para-hydroxylation sites is 1. The lowest BCUT2D eigenvalue weighted by molar-refractivity contribution is 0.726. The van der Waals surface area contributed by atoms with Gasteiger partial charge in [0.1, 0.15) is 5.82 Å². The van der Waals surface area contributed by atoms with Gasteiger partial charge in [-0.05, 0) is 42.9 Å². The topological polar surface area (TPSA) is 41.1 Å². The molecular formula is C20H28N4. The van der Waals surface area contributed by atoms with Gasteiger partial charge in [-0.2, -0.15) is 4.98 Å². The summed E-state index contributed by atoms with van der Waals surface area (Å²) in [7, 11) is 0. The van der Waals surface area contributed by atoms with Gasteiger partial charge in [0.2, 0.25) is 5.95 Å². The summed E-state index contributed by atoms with van der Waals surface area (Å²) >= 11 is 0. The minimum Gasteiger partial charge on any atom is -0.356 e. The maximum Gasteiger partial charge on any atom is 0.229 e. The number of rotatable bonds is 4. The van der Waals surface area contributed by atoms with Crippen LogP contribution in [0.5, 0.6) is 0 Å². The van der Waals surface area contributed by atoms with Crippen molar-refractivity contribution < 1.29 is 0 Å². The zero-order chi connectivity index (χ0) is 16.9. The Balaban J connectivity index is 1.85. The SMILES string of the molecule is Cc1cccc(C(C)C)c1Nc1nccc(N2CCCCCC2)n1. The molecule has 0 unspecified atom stereocenters. The summed E-state index contributed by atoms with van der Waals surface area (Å²) in [5.74, 6) is 2.18. The normalized spacial score (nSPS) is 15.4. The highest BCUT2D eigenvalue weighted by Crippen LogP contribution is 2.29. The number of nitrogens with one attached hydrogen (secondary N) is 1. The molecule has 4 nitrogen and oxygen atoms in total. The van der Waals surface area contributed by atoms with E-state index in [2.05, 4.69) is 54.2 Å². The summed E-state index contributed by atoms with van der Waals surface area (Å²) in [5, 5.41) is 3.47. The molecular weight excluding hydrogens is 296 g/mol. The average molecular weight is 324 g/mol. The molecule has 0 saturated carbocycles. The smallest absolute Gasteiger partial charge is 0.229 e. The lowest BCUT2D eigenvalue weighted by Gasteiger charge is -2.22. The van der Waals surface area contributed by atoms with Gasteiger partial charge < -0.3 is 10.2 Å². The maximum absolute atomic E-state index is 4.78. The number of hydrogen-bond acceptors (Lipinski definition) is 4. The molecule has 1 aliphatic rings. The Hall–Kier alpha value is -2.10. The third kappa shape index (κ3) is 3.86. The maximum atomic E-state index is 4.78. The number of aryl methyl sites for hydroxylation is 1. The van der Waals surface area contributed by atoms with E-state index in [4.69, 9.17) is 4.98 Å². The third-order valence-corrected chi connectivity index (χ3v) is 4.73. The predicted octanol–water partition coefficient (Wildman–Crippen LogP) is 5.03. The number of anilines is 3. The molecule has 2 aromatic rings. The minimum atomic E-state index is 0.459. The van der Waals surface area contributed by atoms with Gasteiger partial charge in [0, 0.05) is 25.0 Å². The molecule has 1 aromatic carbocycles. The molecule has 0 aliphatic carbocycles. The minimum absolute atomic E-state index is 0.459. The van der Waals surface area contributed by atoms with Crippen molar-refractivity contribution in [1.82, 2.24) is 9.97 Å². The van der Waals surface area contributed by atoms with Gasteiger partial charge in [-0.25, -0.2) is 4.98 Å². The Kier molecular flexibility index (Phi) is 5.34. The fourth-order valence-electron chi connectivity index (χ4n) is 3.34. The van der Waals surface area contributed by atoms with Gasteiger partial charge in [0.05, 0.1) is 0 Å². The van der Waals surface area contributed by atoms with E-state index in [1.54, 1.807) is 0 Å². The van der Waals surface area contributed by atoms with Gasteiger partial charge in [0.25, 0.3) is 0 Å². The first-order chi connectivity index (χ1) is 11.6. The van der Waals surface area contributed by atoms with Crippen molar-refractivity contribution in [2.24, 2.45) is 0 Å². The number of benzene rings is 1. The van der Waals surface area contributed by atoms with Crippen molar-refractivity contribution in [1.29, 1.82) is 0 Å². The van der Waals surface area contributed by atoms with Gasteiger partial charge in [-0.15, -0.1) is 0 Å². The van der Waals surface area contributed by atoms with Gasteiger partial charge in [0.15, 0.2) is 0 Å². The number of aromatic nitrogens is 2. The zero-order valence-electron chi connectivity index (χ0n) is 15.0. The van der Waals surface area contributed by atoms with Crippen LogP contribution in [-0.2, 0) is 0 Å². The highest BCUT2D eigenvalue weighted by atomic mass is 15.2. The first-order valence-corrected chi connectivity index (χ1v) is 9.09. The van der Waals surface area contributed by atoms with E-state index in [0.717, 1.165) is 24.6 Å². The van der Waals surface area contributed by atoms with Crippen molar-refractivity contribution in [2.75, 3.05) is 23.3 Å². The molecule has 0 radical (unpaired) electrons. The number of hydrogen-bond donors (Lipinski definition) is 1. The first-order valence-electron chi connectivity index (χ1n) is 9.09. The molecule has 1 fully saturated rings. The monoisotopic (exact) mass is 324 g/mol. The van der Waals surface area contributed by atoms with E-state index in [0.29, 0.717) is 11.9 Å². The number of nitrogens with zero attached hydrogens (tertiary/aromatic N) is 3. The molecule has 1 saturated heterocycles. The Morgan fingerprint density at radius 3 is 2.50 bits per heavy atom. The van der Waals surface area contributed by atoms with E-state index < -0.39 is 0 Å². The molecule has 0 spiro atoms. The Bertz CT molecular complexity index is 673. The van der Waals surface area contributed by atoms with Crippen molar-refractivity contribution in [3.05, 3.63) is 41.6 Å². The molecule has 128 valence electrons. The van der Waals surface area contributed by atoms with Gasteiger partial charge in [-0.1, -0.05) is 44.9 Å². The van der Waals surface area contributed by atoms with Crippen LogP contribution in [0.3, 0.4) is 0 Å². The summed E-state index contributed by atoms with van der Waals surface area (Å²) in [6.45, 7) is 8.76. The van der Waals surface area contributed by atoms with Crippen molar-refractivity contribution in [3.8, 4) is 0 Å². The molecule has 24 heavy (non-hydrogen) atoms. The first kappa shape index (κ1) is 16.7. The largest absolute Gasteiger partial charge is 0.356 e. The Morgan fingerprint density at radius 2 is 1.79 bits per heavy atom. The van der Waals surface area contributed by atoms with Crippen LogP contribution in [0.25, 0.3) is 0 Å². The fraction of sp³-hybridized carbons (Fsp3) is 0.500. The molecule has 1 aliphatic heterocycles. The standard InChI is InChI=1S/C20H28N4/c1-15(2)17-10-8-9-16(3)19(17)23-20-21-12-11-18(22-20)24-13-6-4-5-7-14-24/h8-12,15H,4-7,13-14H2,1-3H3,(H,21,22,23). The quantitative estimate of drug-likeness (QED) is 0.856. The zero-order valence-corrected chi connectivity index (χ0v) is 15.0. The lowest BCUT2D eigenvalue weighted by atomic mass is 9.98. The van der Waals surface area contributed by atoms with E-state index in [1.807, 2.05) is 12.3 Å². The van der Waals surface area contributed by atoms with Crippen LogP contribution >= 0.6 is 0 Å². The van der Waals surface area contributed by atoms with Crippen LogP contribution in [0.4, 0.5) is 17.5 Å². The second-order valence-electron chi connectivity index (χ2n) is 6.96. The highest BCUT2D eigenvalue weighted by molar-refractivity contribution is 5.64. The second-order valence-corrected chi connectivity index (χ2v) is 6.96. The van der Waals surface area contributed by atoms with Crippen LogP contribution < -0.4 is 10.2 Å². The van der Waals surface area contributed by atoms with Crippen molar-refractivity contribution in [2.45, 2.75) is 52.4 Å². The van der Waals surface area contributed by atoms with E-state index in [-0.39, 0.29) is 0 Å². The summed E-state index contributed by atoms with van der Waals surface area (Å²) in [6.07, 6.45) is 7.02. The molecule has 2 heterocycles.